The van der Waals surface area contributed by atoms with Gasteiger partial charge in [-0.25, -0.2) is 0 Å². The van der Waals surface area contributed by atoms with E-state index in [1.54, 1.807) is 0 Å². The summed E-state index contributed by atoms with van der Waals surface area (Å²) >= 11 is 0. The average Bonchev–Trinajstić information content (AvgIpc) is 3.07. The molecule has 0 aromatic heterocycles. The summed E-state index contributed by atoms with van der Waals surface area (Å²) in [6, 6.07) is 7.54. The van der Waals surface area contributed by atoms with E-state index in [0.717, 1.165) is 25.7 Å². The lowest BCUT2D eigenvalue weighted by Gasteiger charge is -2.18. The van der Waals surface area contributed by atoms with E-state index in [1.807, 2.05) is 0 Å². The van der Waals surface area contributed by atoms with E-state index in [1.165, 1.54) is 29.5 Å². The van der Waals surface area contributed by atoms with Crippen molar-refractivity contribution in [1.82, 2.24) is 10.2 Å². The lowest BCUT2D eigenvalue weighted by molar-refractivity contribution is 0.323. The van der Waals surface area contributed by atoms with Crippen LogP contribution < -0.4 is 5.32 Å². The van der Waals surface area contributed by atoms with Crippen LogP contribution in [0.25, 0.3) is 0 Å². The smallest absolute Gasteiger partial charge is 0.0233 e. The summed E-state index contributed by atoms with van der Waals surface area (Å²) in [5, 5.41) is 3.56. The molecule has 1 N–H and O–H groups in total. The maximum atomic E-state index is 3.56. The van der Waals surface area contributed by atoms with Crippen molar-refractivity contribution in [3.8, 4) is 0 Å². The monoisotopic (exact) mass is 232 g/mol. The van der Waals surface area contributed by atoms with Crippen LogP contribution in [-0.2, 0) is 6.54 Å². The van der Waals surface area contributed by atoms with Crippen LogP contribution in [0.1, 0.15) is 29.5 Å². The van der Waals surface area contributed by atoms with Crippen molar-refractivity contribution < 1.29 is 0 Å². The van der Waals surface area contributed by atoms with Gasteiger partial charge >= 0.3 is 0 Å². The fourth-order valence-electron chi connectivity index (χ4n) is 2.09. The molecule has 0 spiro atoms. The van der Waals surface area contributed by atoms with Crippen molar-refractivity contribution in [2.24, 2.45) is 0 Å². The van der Waals surface area contributed by atoms with Crippen LogP contribution in [0, 0.1) is 13.8 Å². The van der Waals surface area contributed by atoms with Gasteiger partial charge < -0.3 is 10.2 Å². The Hall–Kier alpha value is -0.860. The molecule has 1 fully saturated rings. The Bertz CT molecular complexity index is 369. The van der Waals surface area contributed by atoms with E-state index in [0.29, 0.717) is 0 Å². The van der Waals surface area contributed by atoms with Gasteiger partial charge in [0, 0.05) is 25.7 Å². The number of likely N-dealkylation sites (N-methyl/N-ethyl adjacent to an activating group) is 1. The van der Waals surface area contributed by atoms with Gasteiger partial charge in [-0.2, -0.15) is 0 Å². The molecule has 1 aromatic carbocycles. The molecule has 0 radical (unpaired) electrons. The standard InChI is InChI=1S/C15H24N2/c1-12-4-5-13(2)14(10-12)11-17(3)9-8-16-15-6-7-15/h4-5,10,15-16H,6-9,11H2,1-3H3. The summed E-state index contributed by atoms with van der Waals surface area (Å²) in [7, 11) is 2.20. The maximum absolute atomic E-state index is 3.56. The van der Waals surface area contributed by atoms with Gasteiger partial charge in [-0.15, -0.1) is 0 Å². The molecular weight excluding hydrogens is 208 g/mol. The van der Waals surface area contributed by atoms with Crippen molar-refractivity contribution in [1.29, 1.82) is 0 Å². The summed E-state index contributed by atoms with van der Waals surface area (Å²) in [5.74, 6) is 0. The molecule has 1 saturated carbocycles. The molecule has 0 saturated heterocycles. The zero-order valence-corrected chi connectivity index (χ0v) is 11.3. The first-order valence-electron chi connectivity index (χ1n) is 6.63. The second-order valence-corrected chi connectivity index (χ2v) is 5.40. The van der Waals surface area contributed by atoms with E-state index >= 15 is 0 Å². The van der Waals surface area contributed by atoms with Crippen LogP contribution in [0.2, 0.25) is 0 Å². The largest absolute Gasteiger partial charge is 0.313 e. The predicted octanol–water partition coefficient (Wildman–Crippen LogP) is 2.49. The summed E-state index contributed by atoms with van der Waals surface area (Å²) in [6.07, 6.45) is 2.75. The normalized spacial score (nSPS) is 15.5. The Balaban J connectivity index is 1.79. The molecule has 1 aliphatic carbocycles. The van der Waals surface area contributed by atoms with E-state index in [4.69, 9.17) is 0 Å². The van der Waals surface area contributed by atoms with Crippen molar-refractivity contribution in [2.45, 2.75) is 39.3 Å². The fraction of sp³-hybridized carbons (Fsp3) is 0.600. The minimum absolute atomic E-state index is 0.823. The molecule has 0 bridgehead atoms. The van der Waals surface area contributed by atoms with Crippen LogP contribution in [0.15, 0.2) is 18.2 Å². The number of hydrogen-bond donors (Lipinski definition) is 1. The highest BCUT2D eigenvalue weighted by molar-refractivity contribution is 5.30. The first-order chi connectivity index (χ1) is 8.15. The molecular formula is C15H24N2. The lowest BCUT2D eigenvalue weighted by Crippen LogP contribution is -2.30. The highest BCUT2D eigenvalue weighted by Gasteiger charge is 2.19. The minimum Gasteiger partial charge on any atom is -0.313 e. The maximum Gasteiger partial charge on any atom is 0.0233 e. The molecule has 17 heavy (non-hydrogen) atoms. The van der Waals surface area contributed by atoms with Crippen molar-refractivity contribution >= 4 is 0 Å². The van der Waals surface area contributed by atoms with Crippen LogP contribution >= 0.6 is 0 Å². The van der Waals surface area contributed by atoms with Crippen molar-refractivity contribution in [2.75, 3.05) is 20.1 Å². The van der Waals surface area contributed by atoms with E-state index < -0.39 is 0 Å². The first kappa shape index (κ1) is 12.6. The van der Waals surface area contributed by atoms with Gasteiger partial charge in [-0.1, -0.05) is 23.8 Å². The number of hydrogen-bond acceptors (Lipinski definition) is 2. The second-order valence-electron chi connectivity index (χ2n) is 5.40. The van der Waals surface area contributed by atoms with E-state index in [2.05, 4.69) is 49.3 Å². The van der Waals surface area contributed by atoms with Crippen molar-refractivity contribution in [3.63, 3.8) is 0 Å². The Labute approximate surface area is 105 Å². The average molecular weight is 232 g/mol. The van der Waals surface area contributed by atoms with Gasteiger partial charge in [0.15, 0.2) is 0 Å². The molecule has 1 aromatic rings. The third-order valence-corrected chi connectivity index (χ3v) is 3.45. The zero-order valence-electron chi connectivity index (χ0n) is 11.3. The SMILES string of the molecule is Cc1ccc(C)c(CN(C)CCNC2CC2)c1. The molecule has 1 aliphatic rings. The topological polar surface area (TPSA) is 15.3 Å². The summed E-state index contributed by atoms with van der Waals surface area (Å²) < 4.78 is 0. The van der Waals surface area contributed by atoms with Crippen LogP contribution in [0.3, 0.4) is 0 Å². The molecule has 2 rings (SSSR count). The molecule has 94 valence electrons. The number of nitrogens with one attached hydrogen (secondary N) is 1. The Morgan fingerprint density at radius 1 is 1.29 bits per heavy atom. The number of benzene rings is 1. The van der Waals surface area contributed by atoms with Crippen LogP contribution in [0.5, 0.6) is 0 Å². The molecule has 2 heteroatoms. The number of nitrogens with zero attached hydrogens (tertiary/aromatic N) is 1. The van der Waals surface area contributed by atoms with Gasteiger partial charge in [0.25, 0.3) is 0 Å². The molecule has 0 atom stereocenters. The van der Waals surface area contributed by atoms with E-state index in [9.17, 15) is 0 Å². The Kier molecular flexibility index (Phi) is 4.19. The number of rotatable bonds is 6. The summed E-state index contributed by atoms with van der Waals surface area (Å²) in [6.45, 7) is 7.67. The van der Waals surface area contributed by atoms with Gasteiger partial charge in [-0.05, 0) is 44.9 Å². The van der Waals surface area contributed by atoms with E-state index in [-0.39, 0.29) is 0 Å². The quantitative estimate of drug-likeness (QED) is 0.810. The number of aryl methyl sites for hydroxylation is 2. The molecule has 0 unspecified atom stereocenters. The van der Waals surface area contributed by atoms with Gasteiger partial charge in [0.1, 0.15) is 0 Å². The fourth-order valence-corrected chi connectivity index (χ4v) is 2.09. The Morgan fingerprint density at radius 2 is 2.06 bits per heavy atom. The lowest BCUT2D eigenvalue weighted by atomic mass is 10.1. The van der Waals surface area contributed by atoms with Crippen LogP contribution in [0.4, 0.5) is 0 Å². The molecule has 0 amide bonds. The third kappa shape index (κ3) is 4.14. The summed E-state index contributed by atoms with van der Waals surface area (Å²) in [4.78, 5) is 2.40. The van der Waals surface area contributed by atoms with Crippen LogP contribution in [-0.4, -0.2) is 31.1 Å². The molecule has 2 nitrogen and oxygen atoms in total. The molecule has 0 heterocycles. The Morgan fingerprint density at radius 3 is 2.76 bits per heavy atom. The molecule has 0 aliphatic heterocycles. The van der Waals surface area contributed by atoms with Gasteiger partial charge in [-0.3, -0.25) is 0 Å². The zero-order chi connectivity index (χ0) is 12.3. The summed E-state index contributed by atoms with van der Waals surface area (Å²) in [5.41, 5.74) is 4.21. The van der Waals surface area contributed by atoms with Crippen molar-refractivity contribution in [3.05, 3.63) is 34.9 Å². The minimum atomic E-state index is 0.823. The highest BCUT2D eigenvalue weighted by atomic mass is 15.1. The highest BCUT2D eigenvalue weighted by Crippen LogP contribution is 2.18. The second kappa shape index (κ2) is 5.65. The first-order valence-corrected chi connectivity index (χ1v) is 6.63. The third-order valence-electron chi connectivity index (χ3n) is 3.45. The van der Waals surface area contributed by atoms with Gasteiger partial charge in [0.2, 0.25) is 0 Å². The van der Waals surface area contributed by atoms with Gasteiger partial charge in [0.05, 0.1) is 0 Å². The predicted molar refractivity (Wildman–Crippen MR) is 73.3 cm³/mol.